The van der Waals surface area contributed by atoms with Crippen LogP contribution in [-0.2, 0) is 22.6 Å². The Morgan fingerprint density at radius 1 is 0.968 bits per heavy atom. The molecular formula is C24H29BrN2O4. The number of piperazine rings is 1. The van der Waals surface area contributed by atoms with E-state index in [1.54, 1.807) is 11.0 Å². The van der Waals surface area contributed by atoms with E-state index in [0.717, 1.165) is 28.7 Å². The van der Waals surface area contributed by atoms with Crippen molar-refractivity contribution >= 4 is 28.0 Å². The van der Waals surface area contributed by atoms with Gasteiger partial charge in [0.15, 0.2) is 0 Å². The number of carbonyl (C=O) groups excluding carboxylic acids is 2. The molecule has 0 unspecified atom stereocenters. The molecule has 2 aromatic carbocycles. The van der Waals surface area contributed by atoms with Crippen molar-refractivity contribution in [2.75, 3.05) is 26.2 Å². The first kappa shape index (κ1) is 23.3. The number of nitrogens with zero attached hydrogens (tertiary/aromatic N) is 2. The Labute approximate surface area is 192 Å². The van der Waals surface area contributed by atoms with Gasteiger partial charge in [0.2, 0.25) is 0 Å². The molecule has 0 bridgehead atoms. The van der Waals surface area contributed by atoms with Crippen molar-refractivity contribution in [3.63, 3.8) is 0 Å². The highest BCUT2D eigenvalue weighted by molar-refractivity contribution is 9.10. The fourth-order valence-electron chi connectivity index (χ4n) is 3.34. The minimum absolute atomic E-state index is 0.244. The second kappa shape index (κ2) is 10.3. The summed E-state index contributed by atoms with van der Waals surface area (Å²) in [5.41, 5.74) is 2.00. The lowest BCUT2D eigenvalue weighted by Gasteiger charge is -2.35. The predicted octanol–water partition coefficient (Wildman–Crippen LogP) is 4.86. The van der Waals surface area contributed by atoms with E-state index in [9.17, 15) is 9.59 Å². The summed E-state index contributed by atoms with van der Waals surface area (Å²) in [6, 6.07) is 15.3. The minimum atomic E-state index is -0.490. The van der Waals surface area contributed by atoms with Gasteiger partial charge in [-0.1, -0.05) is 46.3 Å². The molecule has 1 fully saturated rings. The third kappa shape index (κ3) is 7.36. The van der Waals surface area contributed by atoms with Crippen LogP contribution in [0.1, 0.15) is 42.3 Å². The van der Waals surface area contributed by atoms with E-state index in [1.807, 2.05) is 63.2 Å². The van der Waals surface area contributed by atoms with Gasteiger partial charge in [-0.2, -0.15) is 0 Å². The van der Waals surface area contributed by atoms with Gasteiger partial charge in [0.05, 0.1) is 5.56 Å². The van der Waals surface area contributed by atoms with E-state index in [2.05, 4.69) is 20.8 Å². The van der Waals surface area contributed by atoms with E-state index in [4.69, 9.17) is 9.47 Å². The lowest BCUT2D eigenvalue weighted by atomic mass is 10.1. The summed E-state index contributed by atoms with van der Waals surface area (Å²) in [5.74, 6) is -0.346. The van der Waals surface area contributed by atoms with E-state index >= 15 is 0 Å². The fraction of sp³-hybridized carbons (Fsp3) is 0.417. The number of hydrogen-bond acceptors (Lipinski definition) is 5. The van der Waals surface area contributed by atoms with Crippen LogP contribution in [0.15, 0.2) is 53.0 Å². The zero-order valence-corrected chi connectivity index (χ0v) is 19.9. The van der Waals surface area contributed by atoms with Crippen molar-refractivity contribution in [3.05, 3.63) is 69.7 Å². The van der Waals surface area contributed by atoms with E-state index in [1.165, 1.54) is 0 Å². The quantitative estimate of drug-likeness (QED) is 0.562. The van der Waals surface area contributed by atoms with E-state index in [0.29, 0.717) is 25.2 Å². The summed E-state index contributed by atoms with van der Waals surface area (Å²) in [7, 11) is 0. The number of benzene rings is 2. The molecule has 1 aliphatic rings. The Kier molecular flexibility index (Phi) is 7.73. The van der Waals surface area contributed by atoms with Crippen LogP contribution in [0, 0.1) is 0 Å². The van der Waals surface area contributed by atoms with Crippen LogP contribution < -0.4 is 0 Å². The number of ether oxygens (including phenoxy) is 2. The second-order valence-electron chi connectivity index (χ2n) is 8.65. The van der Waals surface area contributed by atoms with E-state index < -0.39 is 5.60 Å². The highest BCUT2D eigenvalue weighted by Crippen LogP contribution is 2.20. The number of amides is 1. The molecule has 0 atom stereocenters. The predicted molar refractivity (Wildman–Crippen MR) is 123 cm³/mol. The normalized spacial score (nSPS) is 14.9. The van der Waals surface area contributed by atoms with Crippen LogP contribution in [0.2, 0.25) is 0 Å². The first-order valence-corrected chi connectivity index (χ1v) is 11.2. The maximum atomic E-state index is 12.5. The van der Waals surface area contributed by atoms with Crippen LogP contribution >= 0.6 is 15.9 Å². The van der Waals surface area contributed by atoms with Crippen LogP contribution in [0.4, 0.5) is 4.79 Å². The molecule has 2 aromatic rings. The molecular weight excluding hydrogens is 460 g/mol. The Morgan fingerprint density at radius 2 is 1.65 bits per heavy atom. The van der Waals surface area contributed by atoms with Gasteiger partial charge < -0.3 is 14.4 Å². The Hall–Kier alpha value is -2.38. The number of hydrogen-bond donors (Lipinski definition) is 0. The van der Waals surface area contributed by atoms with Crippen molar-refractivity contribution in [3.8, 4) is 0 Å². The van der Waals surface area contributed by atoms with Gasteiger partial charge in [-0.15, -0.1) is 0 Å². The summed E-state index contributed by atoms with van der Waals surface area (Å²) in [6.45, 7) is 9.29. The summed E-state index contributed by atoms with van der Waals surface area (Å²) >= 11 is 3.50. The molecule has 0 radical (unpaired) electrons. The minimum Gasteiger partial charge on any atom is -0.457 e. The molecule has 1 saturated heterocycles. The lowest BCUT2D eigenvalue weighted by Crippen LogP contribution is -2.49. The molecule has 0 aliphatic carbocycles. The molecule has 166 valence electrons. The molecule has 6 nitrogen and oxygen atoms in total. The van der Waals surface area contributed by atoms with Crippen molar-refractivity contribution in [2.24, 2.45) is 0 Å². The molecule has 0 N–H and O–H groups in total. The van der Waals surface area contributed by atoms with Crippen LogP contribution in [0.5, 0.6) is 0 Å². The van der Waals surface area contributed by atoms with E-state index in [-0.39, 0.29) is 18.7 Å². The van der Waals surface area contributed by atoms with Crippen LogP contribution in [0.25, 0.3) is 0 Å². The molecule has 0 saturated carbocycles. The molecule has 0 aromatic heterocycles. The van der Waals surface area contributed by atoms with Gasteiger partial charge in [-0.3, -0.25) is 4.90 Å². The molecule has 1 heterocycles. The monoisotopic (exact) mass is 488 g/mol. The smallest absolute Gasteiger partial charge is 0.410 e. The Balaban J connectivity index is 1.55. The van der Waals surface area contributed by atoms with Crippen molar-refractivity contribution in [2.45, 2.75) is 39.5 Å². The van der Waals surface area contributed by atoms with Crippen LogP contribution in [0.3, 0.4) is 0 Å². The van der Waals surface area contributed by atoms with Gasteiger partial charge in [-0.25, -0.2) is 9.59 Å². The molecule has 3 rings (SSSR count). The number of carbonyl (C=O) groups is 2. The average Bonchev–Trinajstić information content (AvgIpc) is 2.71. The fourth-order valence-corrected chi connectivity index (χ4v) is 3.88. The van der Waals surface area contributed by atoms with Crippen molar-refractivity contribution in [1.29, 1.82) is 0 Å². The summed E-state index contributed by atoms with van der Waals surface area (Å²) in [5, 5.41) is 0. The molecule has 1 amide bonds. The topological polar surface area (TPSA) is 59.1 Å². The summed E-state index contributed by atoms with van der Waals surface area (Å²) in [6.07, 6.45) is -0.266. The zero-order chi connectivity index (χ0) is 22.4. The highest BCUT2D eigenvalue weighted by atomic mass is 79.9. The van der Waals surface area contributed by atoms with Gasteiger partial charge in [-0.05, 0) is 50.1 Å². The number of esters is 1. The highest BCUT2D eigenvalue weighted by Gasteiger charge is 2.26. The largest absolute Gasteiger partial charge is 0.457 e. The SMILES string of the molecule is CC(C)(C)OC(=O)N1CCN(Cc2cc(Br)cc(C(=O)OCc3ccccc3)c2)CC1. The zero-order valence-electron chi connectivity index (χ0n) is 18.3. The molecule has 7 heteroatoms. The van der Waals surface area contributed by atoms with Gasteiger partial charge in [0.1, 0.15) is 12.2 Å². The second-order valence-corrected chi connectivity index (χ2v) is 9.57. The first-order chi connectivity index (χ1) is 14.7. The average molecular weight is 489 g/mol. The summed E-state index contributed by atoms with van der Waals surface area (Å²) in [4.78, 5) is 28.8. The lowest BCUT2D eigenvalue weighted by molar-refractivity contribution is 0.0138. The van der Waals surface area contributed by atoms with Gasteiger partial charge in [0.25, 0.3) is 0 Å². The van der Waals surface area contributed by atoms with Crippen molar-refractivity contribution in [1.82, 2.24) is 9.80 Å². The molecule has 0 spiro atoms. The third-order valence-electron chi connectivity index (χ3n) is 4.84. The van der Waals surface area contributed by atoms with Crippen molar-refractivity contribution < 1.29 is 19.1 Å². The first-order valence-electron chi connectivity index (χ1n) is 10.4. The maximum absolute atomic E-state index is 12.5. The maximum Gasteiger partial charge on any atom is 0.410 e. The number of halogens is 1. The molecule has 31 heavy (non-hydrogen) atoms. The standard InChI is InChI=1S/C24H29BrN2O4/c1-24(2,3)31-23(29)27-11-9-26(10-12-27)16-19-13-20(15-21(25)14-19)22(28)30-17-18-7-5-4-6-8-18/h4-8,13-15H,9-12,16-17H2,1-3H3. The number of rotatable bonds is 5. The van der Waals surface area contributed by atoms with Crippen LogP contribution in [-0.4, -0.2) is 53.6 Å². The van der Waals surface area contributed by atoms with Gasteiger partial charge >= 0.3 is 12.1 Å². The van der Waals surface area contributed by atoms with Gasteiger partial charge in [0, 0.05) is 37.2 Å². The third-order valence-corrected chi connectivity index (χ3v) is 5.29. The Bertz CT molecular complexity index is 904. The Morgan fingerprint density at radius 3 is 2.29 bits per heavy atom. The molecule has 1 aliphatic heterocycles. The summed E-state index contributed by atoms with van der Waals surface area (Å²) < 4.78 is 11.8.